The topological polar surface area (TPSA) is 65.1 Å². The third kappa shape index (κ3) is 3.74. The number of nitrogens with zero attached hydrogens (tertiary/aromatic N) is 4. The summed E-state index contributed by atoms with van der Waals surface area (Å²) >= 11 is 0. The fourth-order valence-electron chi connectivity index (χ4n) is 4.45. The van der Waals surface area contributed by atoms with E-state index >= 15 is 0 Å². The predicted molar refractivity (Wildman–Crippen MR) is 101 cm³/mol. The number of aromatic nitrogens is 3. The molecule has 2 saturated heterocycles. The second kappa shape index (κ2) is 7.48. The number of likely N-dealkylation sites (tertiary alicyclic amines) is 1. The van der Waals surface area contributed by atoms with E-state index < -0.39 is 0 Å². The van der Waals surface area contributed by atoms with Gasteiger partial charge in [-0.2, -0.15) is 0 Å². The predicted octanol–water partition coefficient (Wildman–Crippen LogP) is 2.65. The highest BCUT2D eigenvalue weighted by molar-refractivity contribution is 5.76. The van der Waals surface area contributed by atoms with Crippen LogP contribution in [0.25, 0.3) is 0 Å². The van der Waals surface area contributed by atoms with Gasteiger partial charge in [-0.3, -0.25) is 4.79 Å². The number of aryl methyl sites for hydroxylation is 1. The zero-order chi connectivity index (χ0) is 17.8. The molecule has 2 fully saturated rings. The number of hydrogen-bond donors (Lipinski definition) is 1. The molecular formula is C20H27N5O. The third-order valence-electron chi connectivity index (χ3n) is 6.02. The van der Waals surface area contributed by atoms with E-state index in [1.54, 1.807) is 6.33 Å². The highest BCUT2D eigenvalue weighted by Crippen LogP contribution is 2.40. The Balaban J connectivity index is 1.32. The molecule has 138 valence electrons. The minimum absolute atomic E-state index is 0.298. The van der Waals surface area contributed by atoms with E-state index in [9.17, 15) is 4.79 Å². The molecule has 2 aromatic rings. The summed E-state index contributed by atoms with van der Waals surface area (Å²) in [6.45, 7) is 3.90. The second-order valence-electron chi connectivity index (χ2n) is 7.70. The average molecular weight is 353 g/mol. The molecule has 0 bridgehead atoms. The van der Waals surface area contributed by atoms with Crippen LogP contribution < -0.4 is 4.90 Å². The summed E-state index contributed by atoms with van der Waals surface area (Å²) in [5.41, 5.74) is 2.55. The first-order chi connectivity index (χ1) is 12.7. The van der Waals surface area contributed by atoms with Crippen molar-refractivity contribution in [2.24, 2.45) is 5.41 Å². The Kier molecular flexibility index (Phi) is 4.91. The molecule has 0 aromatic carbocycles. The zero-order valence-electron chi connectivity index (χ0n) is 15.2. The largest absolute Gasteiger partial charge is 0.369 e. The SMILES string of the molecule is O=C(CCc1ccc[nH]1)N1CCCC2(CCN(c3cncnc3)CC2)C1. The first kappa shape index (κ1) is 17.1. The molecule has 0 aliphatic carbocycles. The van der Waals surface area contributed by atoms with E-state index in [4.69, 9.17) is 0 Å². The Morgan fingerprint density at radius 3 is 2.69 bits per heavy atom. The average Bonchev–Trinajstić information content (AvgIpc) is 3.21. The van der Waals surface area contributed by atoms with E-state index in [0.717, 1.165) is 63.2 Å². The van der Waals surface area contributed by atoms with E-state index in [1.165, 1.54) is 6.42 Å². The number of anilines is 1. The number of H-pyrrole nitrogens is 1. The number of aromatic amines is 1. The molecule has 4 rings (SSSR count). The minimum atomic E-state index is 0.298. The van der Waals surface area contributed by atoms with Gasteiger partial charge in [0.15, 0.2) is 0 Å². The van der Waals surface area contributed by atoms with Gasteiger partial charge in [0, 0.05) is 44.5 Å². The van der Waals surface area contributed by atoms with Crippen molar-refractivity contribution >= 4 is 11.6 Å². The third-order valence-corrected chi connectivity index (χ3v) is 6.02. The van der Waals surface area contributed by atoms with Crippen molar-refractivity contribution in [3.8, 4) is 0 Å². The summed E-state index contributed by atoms with van der Waals surface area (Å²) in [6, 6.07) is 4.04. The van der Waals surface area contributed by atoms with Crippen LogP contribution in [0.1, 0.15) is 37.8 Å². The Morgan fingerprint density at radius 2 is 1.96 bits per heavy atom. The molecule has 1 N–H and O–H groups in total. The number of carbonyl (C=O) groups is 1. The van der Waals surface area contributed by atoms with Crippen LogP contribution in [0.4, 0.5) is 5.69 Å². The minimum Gasteiger partial charge on any atom is -0.369 e. The molecule has 6 nitrogen and oxygen atoms in total. The van der Waals surface area contributed by atoms with Crippen LogP contribution in [0.3, 0.4) is 0 Å². The molecular weight excluding hydrogens is 326 g/mol. The van der Waals surface area contributed by atoms with E-state index in [2.05, 4.69) is 24.8 Å². The molecule has 4 heterocycles. The Bertz CT molecular complexity index is 707. The molecule has 2 aromatic heterocycles. The highest BCUT2D eigenvalue weighted by Gasteiger charge is 2.39. The lowest BCUT2D eigenvalue weighted by Crippen LogP contribution is -2.51. The van der Waals surface area contributed by atoms with E-state index in [-0.39, 0.29) is 0 Å². The zero-order valence-corrected chi connectivity index (χ0v) is 15.2. The van der Waals surface area contributed by atoms with Crippen molar-refractivity contribution in [1.29, 1.82) is 0 Å². The lowest BCUT2D eigenvalue weighted by Gasteiger charge is -2.48. The number of carbonyl (C=O) groups excluding carboxylic acids is 1. The molecule has 1 amide bonds. The maximum Gasteiger partial charge on any atom is 0.222 e. The number of hydrogen-bond acceptors (Lipinski definition) is 4. The standard InChI is InChI=1S/C20H27N5O/c26-19(5-4-17-3-1-9-23-17)25-10-2-6-20(15-25)7-11-24(12-8-20)18-13-21-16-22-14-18/h1,3,9,13-14,16,23H,2,4-8,10-12,15H2. The molecule has 1 spiro atoms. The number of nitrogens with one attached hydrogen (secondary N) is 1. The monoisotopic (exact) mass is 353 g/mol. The maximum absolute atomic E-state index is 12.7. The van der Waals surface area contributed by atoms with Gasteiger partial charge in [0.2, 0.25) is 5.91 Å². The van der Waals surface area contributed by atoms with Crippen LogP contribution in [0.2, 0.25) is 0 Å². The van der Waals surface area contributed by atoms with Crippen LogP contribution in [0.15, 0.2) is 37.1 Å². The van der Waals surface area contributed by atoms with Gasteiger partial charge in [0.05, 0.1) is 18.1 Å². The maximum atomic E-state index is 12.7. The molecule has 6 heteroatoms. The molecule has 0 unspecified atom stereocenters. The summed E-state index contributed by atoms with van der Waals surface area (Å²) < 4.78 is 0. The summed E-state index contributed by atoms with van der Waals surface area (Å²) in [7, 11) is 0. The first-order valence-corrected chi connectivity index (χ1v) is 9.64. The summed E-state index contributed by atoms with van der Waals surface area (Å²) in [5.74, 6) is 0.303. The molecule has 2 aliphatic heterocycles. The summed E-state index contributed by atoms with van der Waals surface area (Å²) in [4.78, 5) is 28.6. The van der Waals surface area contributed by atoms with Gasteiger partial charge in [-0.15, -0.1) is 0 Å². The molecule has 0 saturated carbocycles. The quantitative estimate of drug-likeness (QED) is 0.918. The molecule has 0 atom stereocenters. The lowest BCUT2D eigenvalue weighted by atomic mass is 9.72. The van der Waals surface area contributed by atoms with Gasteiger partial charge in [-0.1, -0.05) is 0 Å². The van der Waals surface area contributed by atoms with Crippen molar-refractivity contribution in [3.63, 3.8) is 0 Å². The summed E-state index contributed by atoms with van der Waals surface area (Å²) in [5, 5.41) is 0. The fraction of sp³-hybridized carbons (Fsp3) is 0.550. The van der Waals surface area contributed by atoms with Crippen LogP contribution >= 0.6 is 0 Å². The van der Waals surface area contributed by atoms with E-state index in [1.807, 2.05) is 30.7 Å². The normalized spacial score (nSPS) is 19.7. The first-order valence-electron chi connectivity index (χ1n) is 9.64. The van der Waals surface area contributed by atoms with Crippen LogP contribution in [0, 0.1) is 5.41 Å². The van der Waals surface area contributed by atoms with Crippen LogP contribution in [-0.4, -0.2) is 51.9 Å². The molecule has 26 heavy (non-hydrogen) atoms. The Hall–Kier alpha value is -2.37. The van der Waals surface area contributed by atoms with Crippen molar-refractivity contribution < 1.29 is 4.79 Å². The lowest BCUT2D eigenvalue weighted by molar-refractivity contribution is -0.135. The molecule has 0 radical (unpaired) electrons. The van der Waals surface area contributed by atoms with Gasteiger partial charge in [-0.25, -0.2) is 9.97 Å². The van der Waals surface area contributed by atoms with Crippen molar-refractivity contribution in [2.45, 2.75) is 38.5 Å². The van der Waals surface area contributed by atoms with Crippen molar-refractivity contribution in [1.82, 2.24) is 19.9 Å². The van der Waals surface area contributed by atoms with E-state index in [0.29, 0.717) is 17.7 Å². The van der Waals surface area contributed by atoms with Gasteiger partial charge in [0.1, 0.15) is 6.33 Å². The summed E-state index contributed by atoms with van der Waals surface area (Å²) in [6.07, 6.45) is 13.3. The Labute approximate surface area is 154 Å². The van der Waals surface area contributed by atoms with Crippen molar-refractivity contribution in [3.05, 3.63) is 42.7 Å². The van der Waals surface area contributed by atoms with Crippen molar-refractivity contribution in [2.75, 3.05) is 31.1 Å². The highest BCUT2D eigenvalue weighted by atomic mass is 16.2. The molecule has 2 aliphatic rings. The number of rotatable bonds is 4. The van der Waals surface area contributed by atoms with Gasteiger partial charge in [-0.05, 0) is 49.7 Å². The smallest absolute Gasteiger partial charge is 0.222 e. The van der Waals surface area contributed by atoms with Gasteiger partial charge in [0.25, 0.3) is 0 Å². The van der Waals surface area contributed by atoms with Gasteiger partial charge < -0.3 is 14.8 Å². The van der Waals surface area contributed by atoms with Crippen LogP contribution in [-0.2, 0) is 11.2 Å². The van der Waals surface area contributed by atoms with Gasteiger partial charge >= 0.3 is 0 Å². The second-order valence-corrected chi connectivity index (χ2v) is 7.70. The Morgan fingerprint density at radius 1 is 1.15 bits per heavy atom. The number of piperidine rings is 2. The number of amides is 1. The van der Waals surface area contributed by atoms with Crippen LogP contribution in [0.5, 0.6) is 0 Å². The fourth-order valence-corrected chi connectivity index (χ4v) is 4.45.